The smallest absolute Gasteiger partial charge is 0.350 e. The molecule has 7 nitrogen and oxygen atoms in total. The van der Waals surface area contributed by atoms with E-state index in [1.807, 2.05) is 25.1 Å². The van der Waals surface area contributed by atoms with Gasteiger partial charge in [0.15, 0.2) is 5.13 Å². The van der Waals surface area contributed by atoms with Crippen molar-refractivity contribution in [3.05, 3.63) is 85.8 Å². The molecule has 34 heavy (non-hydrogen) atoms. The minimum absolute atomic E-state index is 0.0440. The van der Waals surface area contributed by atoms with Crippen molar-refractivity contribution < 1.29 is 24.2 Å². The fourth-order valence-corrected chi connectivity index (χ4v) is 5.16. The molecule has 1 fully saturated rings. The third-order valence-corrected chi connectivity index (χ3v) is 7.02. The molecule has 4 rings (SSSR count). The van der Waals surface area contributed by atoms with Gasteiger partial charge in [-0.25, -0.2) is 9.78 Å². The maximum absolute atomic E-state index is 13.3. The highest BCUT2D eigenvalue weighted by Gasteiger charge is 2.48. The van der Waals surface area contributed by atoms with E-state index in [-0.39, 0.29) is 27.9 Å². The highest BCUT2D eigenvalue weighted by molar-refractivity contribution is 9.10. The summed E-state index contributed by atoms with van der Waals surface area (Å²) in [5, 5.41) is 11.3. The summed E-state index contributed by atoms with van der Waals surface area (Å²) < 4.78 is 5.84. The van der Waals surface area contributed by atoms with Crippen molar-refractivity contribution in [2.75, 3.05) is 11.5 Å². The number of rotatable bonds is 5. The monoisotopic (exact) mass is 540 g/mol. The molecule has 9 heteroatoms. The molecular weight excluding hydrogens is 520 g/mol. The Labute approximate surface area is 208 Å². The van der Waals surface area contributed by atoms with Crippen LogP contribution < -0.4 is 4.90 Å². The molecule has 174 valence electrons. The van der Waals surface area contributed by atoms with Gasteiger partial charge in [0.25, 0.3) is 5.78 Å². The SMILES string of the molecule is CCOC(=O)c1sc(N2C(=O)C(=O)C(=C(O)c3ccc(C)cc3)[C@H]2c2cccc(Br)c2)nc1C. The normalized spacial score (nSPS) is 17.3. The Bertz CT molecular complexity index is 1330. The number of amides is 1. The minimum Gasteiger partial charge on any atom is -0.507 e. The van der Waals surface area contributed by atoms with Crippen molar-refractivity contribution in [1.29, 1.82) is 0 Å². The van der Waals surface area contributed by atoms with Crippen LogP contribution in [0.3, 0.4) is 0 Å². The summed E-state index contributed by atoms with van der Waals surface area (Å²) in [4.78, 5) is 44.7. The third-order valence-electron chi connectivity index (χ3n) is 5.39. The number of halogens is 1. The van der Waals surface area contributed by atoms with E-state index in [2.05, 4.69) is 20.9 Å². The van der Waals surface area contributed by atoms with Crippen molar-refractivity contribution in [1.82, 2.24) is 4.98 Å². The van der Waals surface area contributed by atoms with E-state index >= 15 is 0 Å². The number of carbonyl (C=O) groups excluding carboxylic acids is 3. The van der Waals surface area contributed by atoms with E-state index in [0.29, 0.717) is 16.8 Å². The average molecular weight is 541 g/mol. The van der Waals surface area contributed by atoms with Crippen LogP contribution in [0.2, 0.25) is 0 Å². The molecule has 0 unspecified atom stereocenters. The number of esters is 1. The van der Waals surface area contributed by atoms with Gasteiger partial charge in [-0.05, 0) is 38.5 Å². The highest BCUT2D eigenvalue weighted by Crippen LogP contribution is 2.44. The molecule has 0 aliphatic carbocycles. The molecule has 0 spiro atoms. The Morgan fingerprint density at radius 1 is 1.18 bits per heavy atom. The predicted octanol–water partition coefficient (Wildman–Crippen LogP) is 5.33. The van der Waals surface area contributed by atoms with Crippen molar-refractivity contribution in [2.45, 2.75) is 26.8 Å². The van der Waals surface area contributed by atoms with Crippen LogP contribution >= 0.6 is 27.3 Å². The topological polar surface area (TPSA) is 96.8 Å². The maximum Gasteiger partial charge on any atom is 0.350 e. The van der Waals surface area contributed by atoms with E-state index in [1.165, 1.54) is 4.90 Å². The zero-order valence-electron chi connectivity index (χ0n) is 18.7. The lowest BCUT2D eigenvalue weighted by molar-refractivity contribution is -0.132. The minimum atomic E-state index is -0.931. The van der Waals surface area contributed by atoms with Gasteiger partial charge < -0.3 is 9.84 Å². The second-order valence-corrected chi connectivity index (χ2v) is 9.61. The van der Waals surface area contributed by atoms with Gasteiger partial charge in [-0.2, -0.15) is 0 Å². The summed E-state index contributed by atoms with van der Waals surface area (Å²) in [5.41, 5.74) is 2.37. The van der Waals surface area contributed by atoms with Gasteiger partial charge in [0, 0.05) is 10.0 Å². The van der Waals surface area contributed by atoms with Gasteiger partial charge >= 0.3 is 11.9 Å². The Kier molecular flexibility index (Phi) is 6.67. The molecule has 0 bridgehead atoms. The van der Waals surface area contributed by atoms with Gasteiger partial charge in [0.05, 0.1) is 23.9 Å². The Hall–Kier alpha value is -3.30. The van der Waals surface area contributed by atoms with Crippen LogP contribution in [0.4, 0.5) is 5.13 Å². The fraction of sp³-hybridized carbons (Fsp3) is 0.200. The van der Waals surface area contributed by atoms with Crippen molar-refractivity contribution >= 4 is 55.8 Å². The summed E-state index contributed by atoms with van der Waals surface area (Å²) in [6.07, 6.45) is 0. The van der Waals surface area contributed by atoms with Gasteiger partial charge in [-0.1, -0.05) is 69.2 Å². The molecule has 1 N–H and O–H groups in total. The second kappa shape index (κ2) is 9.52. The molecule has 1 aliphatic rings. The highest BCUT2D eigenvalue weighted by atomic mass is 79.9. The van der Waals surface area contributed by atoms with E-state index in [9.17, 15) is 19.5 Å². The molecule has 0 radical (unpaired) electrons. The number of benzene rings is 2. The van der Waals surface area contributed by atoms with Crippen LogP contribution in [-0.4, -0.2) is 34.4 Å². The zero-order valence-corrected chi connectivity index (χ0v) is 21.1. The number of aliphatic hydroxyl groups is 1. The van der Waals surface area contributed by atoms with E-state index in [1.54, 1.807) is 44.2 Å². The van der Waals surface area contributed by atoms with Crippen LogP contribution in [0.1, 0.15) is 45.0 Å². The average Bonchev–Trinajstić information content (AvgIpc) is 3.31. The number of nitrogens with zero attached hydrogens (tertiary/aromatic N) is 2. The van der Waals surface area contributed by atoms with Crippen LogP contribution in [0.25, 0.3) is 5.76 Å². The number of aryl methyl sites for hydroxylation is 2. The van der Waals surface area contributed by atoms with Crippen molar-refractivity contribution in [3.63, 3.8) is 0 Å². The number of ether oxygens (including phenoxy) is 1. The number of aliphatic hydroxyl groups excluding tert-OH is 1. The summed E-state index contributed by atoms with van der Waals surface area (Å²) in [6, 6.07) is 13.2. The second-order valence-electron chi connectivity index (χ2n) is 7.72. The molecule has 1 atom stereocenters. The third kappa shape index (κ3) is 4.28. The zero-order chi connectivity index (χ0) is 24.6. The number of ketones is 1. The lowest BCUT2D eigenvalue weighted by Crippen LogP contribution is -2.29. The molecule has 1 saturated heterocycles. The van der Waals surface area contributed by atoms with Crippen LogP contribution in [0.5, 0.6) is 0 Å². The quantitative estimate of drug-likeness (QED) is 0.203. The van der Waals surface area contributed by atoms with E-state index in [0.717, 1.165) is 21.4 Å². The number of aromatic nitrogens is 1. The molecule has 2 aromatic carbocycles. The Morgan fingerprint density at radius 2 is 1.88 bits per heavy atom. The van der Waals surface area contributed by atoms with Crippen molar-refractivity contribution in [2.24, 2.45) is 0 Å². The first-order valence-corrected chi connectivity index (χ1v) is 12.1. The first kappa shape index (κ1) is 23.8. The first-order valence-electron chi connectivity index (χ1n) is 10.5. The molecule has 2 heterocycles. The summed E-state index contributed by atoms with van der Waals surface area (Å²) in [5.74, 6) is -2.47. The standard InChI is InChI=1S/C25H21BrN2O5S/c1-4-33-24(32)22-14(3)27-25(34-22)28-19(16-6-5-7-17(26)12-16)18(21(30)23(28)31)20(29)15-10-8-13(2)9-11-15/h5-12,19,29H,4H2,1-3H3/t19-/m1/s1. The summed E-state index contributed by atoms with van der Waals surface area (Å²) >= 11 is 4.41. The largest absolute Gasteiger partial charge is 0.507 e. The van der Waals surface area contributed by atoms with E-state index in [4.69, 9.17) is 4.74 Å². The lowest BCUT2D eigenvalue weighted by Gasteiger charge is -2.23. The lowest BCUT2D eigenvalue weighted by atomic mass is 9.95. The maximum atomic E-state index is 13.3. The molecular formula is C25H21BrN2O5S. The van der Waals surface area contributed by atoms with Gasteiger partial charge in [0.2, 0.25) is 0 Å². The van der Waals surface area contributed by atoms with Crippen LogP contribution in [0, 0.1) is 13.8 Å². The number of anilines is 1. The van der Waals surface area contributed by atoms with Gasteiger partial charge in [0.1, 0.15) is 10.6 Å². The Morgan fingerprint density at radius 3 is 2.53 bits per heavy atom. The van der Waals surface area contributed by atoms with Gasteiger partial charge in [-0.3, -0.25) is 14.5 Å². The number of hydrogen-bond donors (Lipinski definition) is 1. The van der Waals surface area contributed by atoms with Crippen LogP contribution in [0.15, 0.2) is 58.6 Å². The molecule has 1 amide bonds. The predicted molar refractivity (Wildman–Crippen MR) is 133 cm³/mol. The molecule has 3 aromatic rings. The molecule has 1 aromatic heterocycles. The summed E-state index contributed by atoms with van der Waals surface area (Å²) in [7, 11) is 0. The number of hydrogen-bond acceptors (Lipinski definition) is 7. The first-order chi connectivity index (χ1) is 16.2. The Balaban J connectivity index is 1.91. The van der Waals surface area contributed by atoms with Crippen molar-refractivity contribution in [3.8, 4) is 0 Å². The van der Waals surface area contributed by atoms with Gasteiger partial charge in [-0.15, -0.1) is 0 Å². The molecule has 1 aliphatic heterocycles. The molecule has 0 saturated carbocycles. The summed E-state index contributed by atoms with van der Waals surface area (Å²) in [6.45, 7) is 5.45. The van der Waals surface area contributed by atoms with Crippen LogP contribution in [-0.2, 0) is 14.3 Å². The fourth-order valence-electron chi connectivity index (χ4n) is 3.76. The number of thiazole rings is 1. The van der Waals surface area contributed by atoms with E-state index < -0.39 is 23.7 Å². The number of Topliss-reactive ketones (excluding diaryl/α,β-unsaturated/α-hetero) is 1. The number of carbonyl (C=O) groups is 3.